The number of hydrogen-bond acceptors (Lipinski definition) is 6. The molecular weight excluding hydrogens is 590 g/mol. The highest BCUT2D eigenvalue weighted by atomic mass is 16.4. The molecule has 2 aliphatic heterocycles. The SMILES string of the molecule is NC(=O)CC[C@H](NC(=O)[C@@H]1CCC2CCC[C@H](NC(=O)CCc3ccc(CCC(=O)O)cc3)C(=O)N21)C(=O)NCc1ccccc1. The number of aryl methyl sites for hydroxylation is 2. The maximum absolute atomic E-state index is 13.7. The van der Waals surface area contributed by atoms with E-state index in [1.54, 1.807) is 4.90 Å². The molecule has 4 atom stereocenters. The molecule has 2 fully saturated rings. The van der Waals surface area contributed by atoms with Gasteiger partial charge < -0.3 is 31.7 Å². The van der Waals surface area contributed by atoms with E-state index >= 15 is 0 Å². The highest BCUT2D eigenvalue weighted by Crippen LogP contribution is 2.32. The van der Waals surface area contributed by atoms with E-state index < -0.39 is 41.8 Å². The number of carboxylic acid groups (broad SMARTS) is 1. The van der Waals surface area contributed by atoms with Gasteiger partial charge in [0.25, 0.3) is 0 Å². The third-order valence-electron chi connectivity index (χ3n) is 8.64. The number of carbonyl (C=O) groups excluding carboxylic acids is 5. The molecule has 246 valence electrons. The number of nitrogens with zero attached hydrogens (tertiary/aromatic N) is 1. The smallest absolute Gasteiger partial charge is 0.303 e. The Labute approximate surface area is 268 Å². The van der Waals surface area contributed by atoms with E-state index in [0.717, 1.165) is 16.7 Å². The van der Waals surface area contributed by atoms with Crippen LogP contribution in [0.2, 0.25) is 0 Å². The van der Waals surface area contributed by atoms with Crippen LogP contribution in [0, 0.1) is 0 Å². The average molecular weight is 634 g/mol. The van der Waals surface area contributed by atoms with Gasteiger partial charge in [0.05, 0.1) is 0 Å². The van der Waals surface area contributed by atoms with Gasteiger partial charge in [-0.3, -0.25) is 28.8 Å². The lowest BCUT2D eigenvalue weighted by Gasteiger charge is -2.31. The molecular formula is C34H43N5O7. The molecule has 0 spiro atoms. The molecule has 1 unspecified atom stereocenters. The number of primary amides is 1. The minimum atomic E-state index is -1.01. The fourth-order valence-corrected chi connectivity index (χ4v) is 6.13. The van der Waals surface area contributed by atoms with Gasteiger partial charge in [0.15, 0.2) is 0 Å². The first-order chi connectivity index (χ1) is 22.1. The molecule has 2 aromatic carbocycles. The van der Waals surface area contributed by atoms with Gasteiger partial charge in [-0.1, -0.05) is 54.6 Å². The van der Waals surface area contributed by atoms with Gasteiger partial charge in [0.2, 0.25) is 29.5 Å². The monoisotopic (exact) mass is 633 g/mol. The lowest BCUT2D eigenvalue weighted by atomic mass is 10.0. The summed E-state index contributed by atoms with van der Waals surface area (Å²) < 4.78 is 0. The van der Waals surface area contributed by atoms with Crippen LogP contribution in [0.4, 0.5) is 0 Å². The van der Waals surface area contributed by atoms with Crippen molar-refractivity contribution in [1.29, 1.82) is 0 Å². The second-order valence-electron chi connectivity index (χ2n) is 12.0. The van der Waals surface area contributed by atoms with Crippen LogP contribution in [-0.2, 0) is 48.2 Å². The van der Waals surface area contributed by atoms with Crippen molar-refractivity contribution < 1.29 is 33.9 Å². The Balaban J connectivity index is 1.34. The number of rotatable bonds is 15. The van der Waals surface area contributed by atoms with Crippen molar-refractivity contribution in [1.82, 2.24) is 20.9 Å². The Hall–Kier alpha value is -4.74. The van der Waals surface area contributed by atoms with Crippen LogP contribution >= 0.6 is 0 Å². The number of amides is 5. The second kappa shape index (κ2) is 16.5. The molecule has 4 rings (SSSR count). The average Bonchev–Trinajstić information content (AvgIpc) is 3.41. The number of benzene rings is 2. The van der Waals surface area contributed by atoms with Gasteiger partial charge in [-0.05, 0) is 68.1 Å². The summed E-state index contributed by atoms with van der Waals surface area (Å²) in [5.74, 6) is -2.95. The van der Waals surface area contributed by atoms with Gasteiger partial charge in [-0.25, -0.2) is 0 Å². The molecule has 2 heterocycles. The van der Waals surface area contributed by atoms with Crippen molar-refractivity contribution in [3.63, 3.8) is 0 Å². The fraction of sp³-hybridized carbons (Fsp3) is 0.471. The van der Waals surface area contributed by atoms with Gasteiger partial charge in [-0.2, -0.15) is 0 Å². The number of nitrogens with two attached hydrogens (primary N) is 1. The Morgan fingerprint density at radius 3 is 2.17 bits per heavy atom. The molecule has 5 amide bonds. The summed E-state index contributed by atoms with van der Waals surface area (Å²) in [4.78, 5) is 77.1. The summed E-state index contributed by atoms with van der Waals surface area (Å²) in [5, 5.41) is 17.3. The maximum Gasteiger partial charge on any atom is 0.303 e. The fourth-order valence-electron chi connectivity index (χ4n) is 6.13. The van der Waals surface area contributed by atoms with Crippen LogP contribution < -0.4 is 21.7 Å². The number of aliphatic carboxylic acids is 1. The van der Waals surface area contributed by atoms with Gasteiger partial charge >= 0.3 is 5.97 Å². The molecule has 6 N–H and O–H groups in total. The summed E-state index contributed by atoms with van der Waals surface area (Å²) in [5.41, 5.74) is 8.04. The van der Waals surface area contributed by atoms with Crippen molar-refractivity contribution in [2.45, 2.75) is 101 Å². The van der Waals surface area contributed by atoms with E-state index in [9.17, 15) is 28.8 Å². The van der Waals surface area contributed by atoms with Crippen LogP contribution in [0.1, 0.15) is 74.5 Å². The summed E-state index contributed by atoms with van der Waals surface area (Å²) >= 11 is 0. The second-order valence-corrected chi connectivity index (χ2v) is 12.0. The summed E-state index contributed by atoms with van der Waals surface area (Å²) in [6, 6.07) is 14.0. The van der Waals surface area contributed by atoms with Gasteiger partial charge in [0.1, 0.15) is 18.1 Å². The zero-order valence-electron chi connectivity index (χ0n) is 25.9. The molecule has 0 saturated carbocycles. The van der Waals surface area contributed by atoms with Crippen molar-refractivity contribution in [3.8, 4) is 0 Å². The van der Waals surface area contributed by atoms with Crippen LogP contribution in [-0.4, -0.2) is 69.7 Å². The lowest BCUT2D eigenvalue weighted by molar-refractivity contribution is -0.143. The third-order valence-corrected chi connectivity index (χ3v) is 8.64. The first kappa shape index (κ1) is 34.1. The van der Waals surface area contributed by atoms with Crippen LogP contribution in [0.15, 0.2) is 54.6 Å². The Morgan fingerprint density at radius 2 is 1.52 bits per heavy atom. The largest absolute Gasteiger partial charge is 0.481 e. The molecule has 0 bridgehead atoms. The molecule has 12 heteroatoms. The van der Waals surface area contributed by atoms with Gasteiger partial charge in [-0.15, -0.1) is 0 Å². The van der Waals surface area contributed by atoms with Gasteiger partial charge in [0, 0.05) is 31.8 Å². The maximum atomic E-state index is 13.7. The van der Waals surface area contributed by atoms with E-state index in [4.69, 9.17) is 10.8 Å². The highest BCUT2D eigenvalue weighted by molar-refractivity contribution is 5.95. The summed E-state index contributed by atoms with van der Waals surface area (Å²) in [6.07, 6.45) is 4.01. The number of fused-ring (bicyclic) bond motifs is 1. The topological polar surface area (TPSA) is 188 Å². The number of carboxylic acids is 1. The first-order valence-corrected chi connectivity index (χ1v) is 15.9. The predicted octanol–water partition coefficient (Wildman–Crippen LogP) is 1.73. The van der Waals surface area contributed by atoms with E-state index in [1.165, 1.54) is 0 Å². The normalized spacial score (nSPS) is 19.8. The molecule has 2 aliphatic rings. The van der Waals surface area contributed by atoms with Crippen molar-refractivity contribution in [2.75, 3.05) is 0 Å². The zero-order valence-corrected chi connectivity index (χ0v) is 25.9. The minimum Gasteiger partial charge on any atom is -0.481 e. The molecule has 0 aliphatic carbocycles. The third kappa shape index (κ3) is 9.88. The van der Waals surface area contributed by atoms with E-state index in [0.29, 0.717) is 44.9 Å². The number of hydrogen-bond donors (Lipinski definition) is 5. The van der Waals surface area contributed by atoms with Crippen LogP contribution in [0.25, 0.3) is 0 Å². The standard InChI is InChI=1S/C34H43N5O7/c35-29(40)18-16-26(32(44)36-21-24-5-2-1-3-6-24)38-33(45)28-17-15-25-7-4-8-27(34(46)39(25)28)37-30(41)19-13-22-9-11-23(12-10-22)14-20-31(42)43/h1-3,5-6,9-12,25-28H,4,7-8,13-21H2,(H2,35,40)(H,36,44)(H,37,41)(H,38,45)(H,42,43)/t25?,26-,27-,28-/m0/s1. The first-order valence-electron chi connectivity index (χ1n) is 15.9. The van der Waals surface area contributed by atoms with Crippen molar-refractivity contribution in [2.24, 2.45) is 5.73 Å². The molecule has 0 aromatic heterocycles. The Bertz CT molecular complexity index is 1400. The zero-order chi connectivity index (χ0) is 33.1. The minimum absolute atomic E-state index is 0.0233. The predicted molar refractivity (Wildman–Crippen MR) is 169 cm³/mol. The number of carbonyl (C=O) groups is 6. The van der Waals surface area contributed by atoms with E-state index in [2.05, 4.69) is 16.0 Å². The molecule has 46 heavy (non-hydrogen) atoms. The van der Waals surface area contributed by atoms with E-state index in [1.807, 2.05) is 54.6 Å². The quantitative estimate of drug-likeness (QED) is 0.197. The molecule has 2 aromatic rings. The van der Waals surface area contributed by atoms with Crippen LogP contribution in [0.3, 0.4) is 0 Å². The molecule has 2 saturated heterocycles. The van der Waals surface area contributed by atoms with E-state index in [-0.39, 0.29) is 50.1 Å². The Morgan fingerprint density at radius 1 is 0.848 bits per heavy atom. The highest BCUT2D eigenvalue weighted by Gasteiger charge is 2.45. The lowest BCUT2D eigenvalue weighted by Crippen LogP contribution is -2.57. The Kier molecular flexibility index (Phi) is 12.3. The van der Waals surface area contributed by atoms with Crippen molar-refractivity contribution >= 4 is 35.5 Å². The summed E-state index contributed by atoms with van der Waals surface area (Å²) in [6.45, 7) is 0.248. The number of nitrogens with one attached hydrogen (secondary N) is 3. The van der Waals surface area contributed by atoms with Crippen LogP contribution in [0.5, 0.6) is 0 Å². The molecule has 12 nitrogen and oxygen atoms in total. The molecule has 0 radical (unpaired) electrons. The summed E-state index contributed by atoms with van der Waals surface area (Å²) in [7, 11) is 0. The van der Waals surface area contributed by atoms with Crippen molar-refractivity contribution in [3.05, 3.63) is 71.3 Å².